The number of pyridine rings is 1. The molecule has 1 unspecified atom stereocenters. The van der Waals surface area contributed by atoms with E-state index in [1.807, 2.05) is 30.3 Å². The Morgan fingerprint density at radius 3 is 2.93 bits per heavy atom. The summed E-state index contributed by atoms with van der Waals surface area (Å²) in [7, 11) is 0. The highest BCUT2D eigenvalue weighted by Gasteiger charge is 2.04. The van der Waals surface area contributed by atoms with Crippen LogP contribution in [0.15, 0.2) is 36.5 Å². The predicted molar refractivity (Wildman–Crippen MR) is 60.9 cm³/mol. The maximum absolute atomic E-state index is 10.6. The van der Waals surface area contributed by atoms with E-state index in [0.717, 1.165) is 22.9 Å². The first kappa shape index (κ1) is 9.65. The van der Waals surface area contributed by atoms with Crippen LogP contribution in [0.5, 0.6) is 0 Å². The van der Waals surface area contributed by atoms with E-state index in [2.05, 4.69) is 10.3 Å². The standard InChI is InChI=1S/C12H12N2O/c1-9(8-15)14-12-11-5-3-2-4-10(11)6-7-13-12/h2-9H,1H3,(H,13,14). The average Bonchev–Trinajstić information content (AvgIpc) is 2.29. The lowest BCUT2D eigenvalue weighted by Crippen LogP contribution is -2.17. The molecule has 0 aliphatic carbocycles. The van der Waals surface area contributed by atoms with Crippen LogP contribution < -0.4 is 5.32 Å². The Bertz CT molecular complexity index is 477. The third-order valence-electron chi connectivity index (χ3n) is 2.24. The van der Waals surface area contributed by atoms with Crippen LogP contribution in [-0.2, 0) is 4.79 Å². The number of carbonyl (C=O) groups is 1. The molecule has 0 aliphatic rings. The number of rotatable bonds is 3. The van der Waals surface area contributed by atoms with Gasteiger partial charge in [-0.25, -0.2) is 4.98 Å². The summed E-state index contributed by atoms with van der Waals surface area (Å²) in [5, 5.41) is 5.21. The lowest BCUT2D eigenvalue weighted by atomic mass is 10.1. The zero-order valence-electron chi connectivity index (χ0n) is 8.47. The Labute approximate surface area is 88.1 Å². The number of aldehydes is 1. The van der Waals surface area contributed by atoms with E-state index >= 15 is 0 Å². The smallest absolute Gasteiger partial charge is 0.141 e. The first-order chi connectivity index (χ1) is 7.31. The molecule has 0 spiro atoms. The Kier molecular flexibility index (Phi) is 2.63. The second-order valence-electron chi connectivity index (χ2n) is 3.45. The summed E-state index contributed by atoms with van der Waals surface area (Å²) in [6.07, 6.45) is 2.60. The van der Waals surface area contributed by atoms with E-state index < -0.39 is 0 Å². The number of anilines is 1. The summed E-state index contributed by atoms with van der Waals surface area (Å²) in [6.45, 7) is 1.80. The Balaban J connectivity index is 2.46. The number of aromatic nitrogens is 1. The van der Waals surface area contributed by atoms with Gasteiger partial charge >= 0.3 is 0 Å². The lowest BCUT2D eigenvalue weighted by molar-refractivity contribution is -0.108. The largest absolute Gasteiger partial charge is 0.360 e. The molecule has 0 aliphatic heterocycles. The van der Waals surface area contributed by atoms with E-state index in [0.29, 0.717) is 0 Å². The van der Waals surface area contributed by atoms with E-state index in [-0.39, 0.29) is 6.04 Å². The van der Waals surface area contributed by atoms with Gasteiger partial charge in [-0.15, -0.1) is 0 Å². The number of nitrogens with one attached hydrogen (secondary N) is 1. The molecule has 3 heteroatoms. The van der Waals surface area contributed by atoms with Gasteiger partial charge in [0.2, 0.25) is 0 Å². The van der Waals surface area contributed by atoms with Crippen molar-refractivity contribution in [2.24, 2.45) is 0 Å². The minimum absolute atomic E-state index is 0.219. The molecule has 0 radical (unpaired) electrons. The van der Waals surface area contributed by atoms with Gasteiger partial charge in [-0.05, 0) is 18.4 Å². The van der Waals surface area contributed by atoms with Gasteiger partial charge in [-0.3, -0.25) is 0 Å². The number of hydrogen-bond acceptors (Lipinski definition) is 3. The topological polar surface area (TPSA) is 42.0 Å². The fraction of sp³-hybridized carbons (Fsp3) is 0.167. The first-order valence-corrected chi connectivity index (χ1v) is 4.87. The van der Waals surface area contributed by atoms with Crippen LogP contribution in [0.4, 0.5) is 5.82 Å². The molecule has 1 N–H and O–H groups in total. The van der Waals surface area contributed by atoms with Crippen molar-refractivity contribution >= 4 is 22.9 Å². The predicted octanol–water partition coefficient (Wildman–Crippen LogP) is 2.23. The molecule has 2 aromatic rings. The van der Waals surface area contributed by atoms with E-state index in [9.17, 15) is 4.79 Å². The van der Waals surface area contributed by atoms with Crippen LogP contribution >= 0.6 is 0 Å². The number of nitrogens with zero attached hydrogens (tertiary/aromatic N) is 1. The average molecular weight is 200 g/mol. The van der Waals surface area contributed by atoms with Crippen molar-refractivity contribution in [3.63, 3.8) is 0 Å². The second kappa shape index (κ2) is 4.09. The van der Waals surface area contributed by atoms with Crippen LogP contribution in [0, 0.1) is 0 Å². The maximum Gasteiger partial charge on any atom is 0.141 e. The first-order valence-electron chi connectivity index (χ1n) is 4.87. The highest BCUT2D eigenvalue weighted by atomic mass is 16.1. The third-order valence-corrected chi connectivity index (χ3v) is 2.24. The zero-order chi connectivity index (χ0) is 10.7. The van der Waals surface area contributed by atoms with E-state index in [4.69, 9.17) is 0 Å². The van der Waals surface area contributed by atoms with Gasteiger partial charge in [0.1, 0.15) is 12.1 Å². The number of hydrogen-bond donors (Lipinski definition) is 1. The highest BCUT2D eigenvalue weighted by molar-refractivity contribution is 5.92. The molecular weight excluding hydrogens is 188 g/mol. The van der Waals surface area contributed by atoms with Crippen LogP contribution in [0.2, 0.25) is 0 Å². The molecule has 0 saturated heterocycles. The Morgan fingerprint density at radius 1 is 1.33 bits per heavy atom. The van der Waals surface area contributed by atoms with Gasteiger partial charge in [0.15, 0.2) is 0 Å². The van der Waals surface area contributed by atoms with Crippen molar-refractivity contribution in [3.8, 4) is 0 Å². The van der Waals surface area contributed by atoms with Gasteiger partial charge in [0, 0.05) is 11.6 Å². The molecule has 1 aromatic heterocycles. The van der Waals surface area contributed by atoms with Crippen LogP contribution in [-0.4, -0.2) is 17.3 Å². The fourth-order valence-corrected chi connectivity index (χ4v) is 1.48. The maximum atomic E-state index is 10.6. The van der Waals surface area contributed by atoms with Gasteiger partial charge in [-0.2, -0.15) is 0 Å². The Morgan fingerprint density at radius 2 is 2.13 bits per heavy atom. The van der Waals surface area contributed by atoms with E-state index in [1.54, 1.807) is 13.1 Å². The summed E-state index contributed by atoms with van der Waals surface area (Å²) < 4.78 is 0. The molecule has 0 fully saturated rings. The van der Waals surface area contributed by atoms with Gasteiger partial charge in [0.05, 0.1) is 6.04 Å². The molecular formula is C12H12N2O. The molecule has 76 valence electrons. The molecule has 1 heterocycles. The number of fused-ring (bicyclic) bond motifs is 1. The molecule has 0 saturated carbocycles. The summed E-state index contributed by atoms with van der Waals surface area (Å²) in [5.74, 6) is 0.757. The number of benzene rings is 1. The van der Waals surface area contributed by atoms with Crippen LogP contribution in [0.1, 0.15) is 6.92 Å². The SMILES string of the molecule is CC(C=O)Nc1nccc2ccccc12. The lowest BCUT2D eigenvalue weighted by Gasteiger charge is -2.10. The van der Waals surface area contributed by atoms with Crippen molar-refractivity contribution in [1.82, 2.24) is 4.98 Å². The van der Waals surface area contributed by atoms with Crippen molar-refractivity contribution < 1.29 is 4.79 Å². The molecule has 2 rings (SSSR count). The van der Waals surface area contributed by atoms with Gasteiger partial charge < -0.3 is 10.1 Å². The molecule has 1 aromatic carbocycles. The quantitative estimate of drug-likeness (QED) is 0.772. The fourth-order valence-electron chi connectivity index (χ4n) is 1.48. The van der Waals surface area contributed by atoms with Crippen molar-refractivity contribution in [2.45, 2.75) is 13.0 Å². The van der Waals surface area contributed by atoms with Crippen molar-refractivity contribution in [1.29, 1.82) is 0 Å². The highest BCUT2D eigenvalue weighted by Crippen LogP contribution is 2.20. The molecule has 0 amide bonds. The monoisotopic (exact) mass is 200 g/mol. The minimum Gasteiger partial charge on any atom is -0.360 e. The summed E-state index contributed by atoms with van der Waals surface area (Å²) in [4.78, 5) is 14.8. The van der Waals surface area contributed by atoms with Crippen molar-refractivity contribution in [3.05, 3.63) is 36.5 Å². The summed E-state index contributed by atoms with van der Waals surface area (Å²) >= 11 is 0. The summed E-state index contributed by atoms with van der Waals surface area (Å²) in [6, 6.07) is 9.68. The van der Waals surface area contributed by atoms with Gasteiger partial charge in [-0.1, -0.05) is 24.3 Å². The normalized spacial score (nSPS) is 12.3. The van der Waals surface area contributed by atoms with Crippen LogP contribution in [0.3, 0.4) is 0 Å². The minimum atomic E-state index is -0.219. The number of carbonyl (C=O) groups excluding carboxylic acids is 1. The molecule has 1 atom stereocenters. The van der Waals surface area contributed by atoms with E-state index in [1.165, 1.54) is 0 Å². The third kappa shape index (κ3) is 1.96. The zero-order valence-corrected chi connectivity index (χ0v) is 8.47. The summed E-state index contributed by atoms with van der Waals surface area (Å²) in [5.41, 5.74) is 0. The molecule has 0 bridgehead atoms. The second-order valence-corrected chi connectivity index (χ2v) is 3.45. The van der Waals surface area contributed by atoms with Crippen LogP contribution in [0.25, 0.3) is 10.8 Å². The van der Waals surface area contributed by atoms with Crippen molar-refractivity contribution in [2.75, 3.05) is 5.32 Å². The van der Waals surface area contributed by atoms with Gasteiger partial charge in [0.25, 0.3) is 0 Å². The Hall–Kier alpha value is -1.90. The molecule has 15 heavy (non-hydrogen) atoms. The molecule has 3 nitrogen and oxygen atoms in total.